The van der Waals surface area contributed by atoms with Crippen LogP contribution in [0.2, 0.25) is 5.02 Å². The Labute approximate surface area is 183 Å². The number of nitrogens with zero attached hydrogens (tertiary/aromatic N) is 2. The highest BCUT2D eigenvalue weighted by Crippen LogP contribution is 2.14. The fraction of sp³-hybridized carbons (Fsp3) is 0.300. The number of rotatable bonds is 6. The molecule has 2 rings (SSSR count). The normalized spacial score (nSPS) is 10.7. The number of hydrogen-bond donors (Lipinski definition) is 2. The number of guanidine groups is 1. The Balaban J connectivity index is 0.00000364. The standard InChI is InChI=1S/C20H25ClN4O.HI/c1-15-8-4-5-9-16(15)14-25(3)20(22-2)24-13-12-23-19(26)17-10-6-7-11-18(17)21;/h4-11H,12-14H2,1-3H3,(H,22,24)(H,23,26);1H. The fourth-order valence-electron chi connectivity index (χ4n) is 2.59. The molecule has 0 aliphatic rings. The van der Waals surface area contributed by atoms with Crippen molar-refractivity contribution in [3.8, 4) is 0 Å². The van der Waals surface area contributed by atoms with Gasteiger partial charge in [0.2, 0.25) is 0 Å². The van der Waals surface area contributed by atoms with Gasteiger partial charge in [-0.25, -0.2) is 0 Å². The summed E-state index contributed by atoms with van der Waals surface area (Å²) in [4.78, 5) is 18.5. The van der Waals surface area contributed by atoms with Crippen molar-refractivity contribution < 1.29 is 4.79 Å². The number of carbonyl (C=O) groups is 1. The van der Waals surface area contributed by atoms with Crippen LogP contribution in [0.5, 0.6) is 0 Å². The lowest BCUT2D eigenvalue weighted by molar-refractivity contribution is 0.0954. The second-order valence-electron chi connectivity index (χ2n) is 5.99. The Morgan fingerprint density at radius 3 is 2.37 bits per heavy atom. The van der Waals surface area contributed by atoms with E-state index in [-0.39, 0.29) is 29.9 Å². The predicted molar refractivity (Wildman–Crippen MR) is 123 cm³/mol. The molecule has 0 aliphatic carbocycles. The van der Waals surface area contributed by atoms with E-state index in [1.54, 1.807) is 31.3 Å². The predicted octanol–water partition coefficient (Wildman–Crippen LogP) is 3.70. The smallest absolute Gasteiger partial charge is 0.252 e. The average molecular weight is 501 g/mol. The van der Waals surface area contributed by atoms with Crippen LogP contribution in [0.15, 0.2) is 53.5 Å². The van der Waals surface area contributed by atoms with Gasteiger partial charge in [0.25, 0.3) is 5.91 Å². The van der Waals surface area contributed by atoms with Crippen molar-refractivity contribution in [1.29, 1.82) is 0 Å². The number of amides is 1. The second-order valence-corrected chi connectivity index (χ2v) is 6.40. The molecule has 146 valence electrons. The molecule has 0 spiro atoms. The lowest BCUT2D eigenvalue weighted by Crippen LogP contribution is -2.42. The third kappa shape index (κ3) is 7.03. The molecule has 0 saturated heterocycles. The molecule has 0 heterocycles. The van der Waals surface area contributed by atoms with Gasteiger partial charge >= 0.3 is 0 Å². The summed E-state index contributed by atoms with van der Waals surface area (Å²) < 4.78 is 0. The Morgan fingerprint density at radius 2 is 1.70 bits per heavy atom. The van der Waals surface area contributed by atoms with E-state index in [4.69, 9.17) is 11.6 Å². The molecule has 2 aromatic carbocycles. The summed E-state index contributed by atoms with van der Waals surface area (Å²) in [5, 5.41) is 6.57. The van der Waals surface area contributed by atoms with E-state index in [1.807, 2.05) is 19.2 Å². The zero-order valence-corrected chi connectivity index (χ0v) is 18.9. The van der Waals surface area contributed by atoms with E-state index in [0.717, 1.165) is 12.5 Å². The molecular weight excluding hydrogens is 475 g/mol. The Bertz CT molecular complexity index is 782. The quantitative estimate of drug-likeness (QED) is 0.275. The molecule has 27 heavy (non-hydrogen) atoms. The van der Waals surface area contributed by atoms with Crippen molar-refractivity contribution in [2.75, 3.05) is 27.2 Å². The number of aliphatic imine (C=N–C) groups is 1. The molecular formula is C20H26ClIN4O. The number of hydrogen-bond acceptors (Lipinski definition) is 2. The number of benzene rings is 2. The van der Waals surface area contributed by atoms with Crippen molar-refractivity contribution in [2.24, 2.45) is 4.99 Å². The third-order valence-electron chi connectivity index (χ3n) is 4.05. The number of nitrogens with one attached hydrogen (secondary N) is 2. The fourth-order valence-corrected chi connectivity index (χ4v) is 2.82. The molecule has 7 heteroatoms. The monoisotopic (exact) mass is 500 g/mol. The average Bonchev–Trinajstić information content (AvgIpc) is 2.63. The Kier molecular flexibility index (Phi) is 10.2. The SMILES string of the molecule is CN=C(NCCNC(=O)c1ccccc1Cl)N(C)Cc1ccccc1C.I. The highest BCUT2D eigenvalue weighted by molar-refractivity contribution is 14.0. The van der Waals surface area contributed by atoms with Crippen LogP contribution in [0.4, 0.5) is 0 Å². The van der Waals surface area contributed by atoms with E-state index in [2.05, 4.69) is 39.6 Å². The van der Waals surface area contributed by atoms with Gasteiger partial charge in [-0.1, -0.05) is 48.0 Å². The minimum Gasteiger partial charge on any atom is -0.354 e. The minimum atomic E-state index is -0.180. The van der Waals surface area contributed by atoms with Crippen molar-refractivity contribution >= 4 is 47.4 Å². The third-order valence-corrected chi connectivity index (χ3v) is 4.38. The Morgan fingerprint density at radius 1 is 1.07 bits per heavy atom. The van der Waals surface area contributed by atoms with Gasteiger partial charge in [-0.3, -0.25) is 9.79 Å². The molecule has 1 amide bonds. The molecule has 0 atom stereocenters. The first-order valence-corrected chi connectivity index (χ1v) is 8.89. The van der Waals surface area contributed by atoms with E-state index >= 15 is 0 Å². The van der Waals surface area contributed by atoms with Gasteiger partial charge in [0.05, 0.1) is 10.6 Å². The van der Waals surface area contributed by atoms with Gasteiger partial charge in [-0.15, -0.1) is 24.0 Å². The van der Waals surface area contributed by atoms with E-state index in [1.165, 1.54) is 11.1 Å². The van der Waals surface area contributed by atoms with E-state index in [0.29, 0.717) is 23.7 Å². The van der Waals surface area contributed by atoms with Gasteiger partial charge in [0, 0.05) is 33.7 Å². The molecule has 0 aromatic heterocycles. The largest absolute Gasteiger partial charge is 0.354 e. The van der Waals surface area contributed by atoms with Gasteiger partial charge in [0.15, 0.2) is 5.96 Å². The molecule has 5 nitrogen and oxygen atoms in total. The maximum absolute atomic E-state index is 12.1. The Hall–Kier alpha value is -1.80. The van der Waals surface area contributed by atoms with Crippen LogP contribution >= 0.6 is 35.6 Å². The molecule has 0 fully saturated rings. The van der Waals surface area contributed by atoms with Crippen molar-refractivity contribution in [3.05, 3.63) is 70.2 Å². The van der Waals surface area contributed by atoms with Crippen LogP contribution in [0.1, 0.15) is 21.5 Å². The molecule has 2 N–H and O–H groups in total. The summed E-state index contributed by atoms with van der Waals surface area (Å²) in [5.74, 6) is 0.598. The van der Waals surface area contributed by atoms with Crippen LogP contribution in [0, 0.1) is 6.92 Å². The summed E-state index contributed by atoms with van der Waals surface area (Å²) in [6.45, 7) is 3.91. The van der Waals surface area contributed by atoms with Gasteiger partial charge in [0.1, 0.15) is 0 Å². The van der Waals surface area contributed by atoms with Gasteiger partial charge in [-0.2, -0.15) is 0 Å². The van der Waals surface area contributed by atoms with E-state index < -0.39 is 0 Å². The van der Waals surface area contributed by atoms with Gasteiger partial charge in [-0.05, 0) is 30.2 Å². The molecule has 0 radical (unpaired) electrons. The highest BCUT2D eigenvalue weighted by Gasteiger charge is 2.10. The van der Waals surface area contributed by atoms with Gasteiger partial charge < -0.3 is 15.5 Å². The molecule has 0 unspecified atom stereocenters. The zero-order chi connectivity index (χ0) is 18.9. The summed E-state index contributed by atoms with van der Waals surface area (Å²) in [6.07, 6.45) is 0. The number of carbonyl (C=O) groups excluding carboxylic acids is 1. The molecule has 0 saturated carbocycles. The van der Waals surface area contributed by atoms with Crippen molar-refractivity contribution in [2.45, 2.75) is 13.5 Å². The van der Waals surface area contributed by atoms with Crippen LogP contribution < -0.4 is 10.6 Å². The van der Waals surface area contributed by atoms with Crippen molar-refractivity contribution in [1.82, 2.24) is 15.5 Å². The highest BCUT2D eigenvalue weighted by atomic mass is 127. The van der Waals surface area contributed by atoms with Crippen LogP contribution in [-0.2, 0) is 6.54 Å². The molecule has 2 aromatic rings. The lowest BCUT2D eigenvalue weighted by atomic mass is 10.1. The summed E-state index contributed by atoms with van der Waals surface area (Å²) in [7, 11) is 3.74. The maximum atomic E-state index is 12.1. The zero-order valence-electron chi connectivity index (χ0n) is 15.8. The summed E-state index contributed by atoms with van der Waals surface area (Å²) in [6, 6.07) is 15.3. The van der Waals surface area contributed by atoms with Crippen LogP contribution in [-0.4, -0.2) is 44.0 Å². The van der Waals surface area contributed by atoms with Crippen LogP contribution in [0.25, 0.3) is 0 Å². The van der Waals surface area contributed by atoms with Crippen molar-refractivity contribution in [3.63, 3.8) is 0 Å². The number of aryl methyl sites for hydroxylation is 1. The number of halogens is 2. The van der Waals surface area contributed by atoms with Crippen LogP contribution in [0.3, 0.4) is 0 Å². The van der Waals surface area contributed by atoms with E-state index in [9.17, 15) is 4.79 Å². The summed E-state index contributed by atoms with van der Waals surface area (Å²) in [5.41, 5.74) is 2.99. The maximum Gasteiger partial charge on any atom is 0.252 e. The molecule has 0 bridgehead atoms. The topological polar surface area (TPSA) is 56.7 Å². The summed E-state index contributed by atoms with van der Waals surface area (Å²) >= 11 is 6.03. The molecule has 0 aliphatic heterocycles. The first kappa shape index (κ1) is 23.2. The first-order chi connectivity index (χ1) is 12.5. The lowest BCUT2D eigenvalue weighted by Gasteiger charge is -2.23. The minimum absolute atomic E-state index is 0. The second kappa shape index (κ2) is 11.8. The first-order valence-electron chi connectivity index (χ1n) is 8.52.